The smallest absolute Gasteiger partial charge is 0.128 e. The number of nitrogens with zero attached hydrogens (tertiary/aromatic N) is 3. The molecule has 0 aromatic carbocycles. The second-order valence-electron chi connectivity index (χ2n) is 5.53. The predicted octanol–water partition coefficient (Wildman–Crippen LogP) is 2.95. The van der Waals surface area contributed by atoms with Gasteiger partial charge in [0.1, 0.15) is 5.82 Å². The number of piperidine rings is 1. The second-order valence-corrected chi connectivity index (χ2v) is 5.53. The number of pyridine rings is 1. The van der Waals surface area contributed by atoms with E-state index in [1.54, 1.807) is 0 Å². The fourth-order valence-corrected chi connectivity index (χ4v) is 3.27. The number of aryl methyl sites for hydroxylation is 1. The number of fused-ring (bicyclic) bond motifs is 1. The van der Waals surface area contributed by atoms with E-state index in [2.05, 4.69) is 40.9 Å². The van der Waals surface area contributed by atoms with E-state index < -0.39 is 0 Å². The van der Waals surface area contributed by atoms with Crippen LogP contribution in [0.15, 0.2) is 18.3 Å². The van der Waals surface area contributed by atoms with Gasteiger partial charge >= 0.3 is 0 Å². The molecule has 2 unspecified atom stereocenters. The molecular weight excluding hydrogens is 234 g/mol. The standard InChI is InChI=1S/C14H21N3.C2H6/c1-11-3-4-14(15-9-11)17-8-6-13-12(10-17)5-7-16(13)2;1-2/h3-4,9,12-13H,5-8,10H2,1-2H3;1-2H3. The van der Waals surface area contributed by atoms with E-state index in [9.17, 15) is 0 Å². The van der Waals surface area contributed by atoms with Gasteiger partial charge in [-0.25, -0.2) is 4.98 Å². The van der Waals surface area contributed by atoms with Crippen molar-refractivity contribution in [1.82, 2.24) is 9.88 Å². The lowest BCUT2D eigenvalue weighted by Crippen LogP contribution is -2.45. The minimum Gasteiger partial charge on any atom is -0.356 e. The molecule has 1 aromatic heterocycles. The molecule has 106 valence electrons. The summed E-state index contributed by atoms with van der Waals surface area (Å²) in [7, 11) is 2.27. The van der Waals surface area contributed by atoms with Gasteiger partial charge in [0, 0.05) is 25.3 Å². The van der Waals surface area contributed by atoms with Gasteiger partial charge in [0.05, 0.1) is 0 Å². The highest BCUT2D eigenvalue weighted by atomic mass is 15.2. The summed E-state index contributed by atoms with van der Waals surface area (Å²) in [5, 5.41) is 0. The lowest BCUT2D eigenvalue weighted by Gasteiger charge is -2.37. The molecule has 2 aliphatic rings. The fourth-order valence-electron chi connectivity index (χ4n) is 3.27. The molecule has 2 atom stereocenters. The fraction of sp³-hybridized carbons (Fsp3) is 0.688. The number of hydrogen-bond acceptors (Lipinski definition) is 3. The minimum atomic E-state index is 0.816. The van der Waals surface area contributed by atoms with Crippen LogP contribution in [0.3, 0.4) is 0 Å². The first-order valence-corrected chi connectivity index (χ1v) is 7.62. The number of aromatic nitrogens is 1. The Hall–Kier alpha value is -1.09. The van der Waals surface area contributed by atoms with E-state index in [0.29, 0.717) is 0 Å². The van der Waals surface area contributed by atoms with Crippen LogP contribution in [0, 0.1) is 12.8 Å². The van der Waals surface area contributed by atoms with Gasteiger partial charge in [-0.1, -0.05) is 19.9 Å². The monoisotopic (exact) mass is 261 g/mol. The zero-order chi connectivity index (χ0) is 13.8. The zero-order valence-corrected chi connectivity index (χ0v) is 12.8. The molecule has 1 aromatic rings. The molecule has 0 saturated carbocycles. The molecule has 2 fully saturated rings. The molecule has 0 bridgehead atoms. The molecule has 0 N–H and O–H groups in total. The summed E-state index contributed by atoms with van der Waals surface area (Å²) in [6.45, 7) is 9.70. The van der Waals surface area contributed by atoms with Crippen LogP contribution in [-0.4, -0.2) is 42.6 Å². The van der Waals surface area contributed by atoms with Crippen molar-refractivity contribution in [3.05, 3.63) is 23.9 Å². The third kappa shape index (κ3) is 3.08. The summed E-state index contributed by atoms with van der Waals surface area (Å²) in [5.74, 6) is 2.00. The van der Waals surface area contributed by atoms with Gasteiger partial charge in [-0.3, -0.25) is 0 Å². The van der Waals surface area contributed by atoms with Crippen LogP contribution in [0.25, 0.3) is 0 Å². The Kier molecular flexibility index (Phi) is 4.81. The van der Waals surface area contributed by atoms with Crippen LogP contribution < -0.4 is 4.90 Å². The summed E-state index contributed by atoms with van der Waals surface area (Å²) in [6, 6.07) is 5.14. The Morgan fingerprint density at radius 1 is 1.16 bits per heavy atom. The molecule has 0 radical (unpaired) electrons. The summed E-state index contributed by atoms with van der Waals surface area (Å²) in [4.78, 5) is 9.54. The number of rotatable bonds is 1. The number of anilines is 1. The van der Waals surface area contributed by atoms with Gasteiger partial charge in [0.25, 0.3) is 0 Å². The highest BCUT2D eigenvalue weighted by Gasteiger charge is 2.36. The van der Waals surface area contributed by atoms with E-state index in [1.807, 2.05) is 20.0 Å². The van der Waals surface area contributed by atoms with Gasteiger partial charge in [0.2, 0.25) is 0 Å². The van der Waals surface area contributed by atoms with Crippen LogP contribution >= 0.6 is 0 Å². The van der Waals surface area contributed by atoms with Crippen molar-refractivity contribution in [3.8, 4) is 0 Å². The highest BCUT2D eigenvalue weighted by molar-refractivity contribution is 5.40. The molecule has 0 amide bonds. The molecule has 3 heteroatoms. The van der Waals surface area contributed by atoms with Gasteiger partial charge < -0.3 is 9.80 Å². The van der Waals surface area contributed by atoms with Crippen molar-refractivity contribution in [3.63, 3.8) is 0 Å². The molecule has 0 aliphatic carbocycles. The summed E-state index contributed by atoms with van der Waals surface area (Å²) in [5.41, 5.74) is 1.24. The average molecular weight is 261 g/mol. The molecule has 3 rings (SSSR count). The van der Waals surface area contributed by atoms with Gasteiger partial charge in [-0.2, -0.15) is 0 Å². The van der Waals surface area contributed by atoms with E-state index in [0.717, 1.165) is 24.3 Å². The normalized spacial score (nSPS) is 26.6. The van der Waals surface area contributed by atoms with Crippen molar-refractivity contribution in [2.24, 2.45) is 5.92 Å². The molecule has 3 heterocycles. The Morgan fingerprint density at radius 2 is 1.95 bits per heavy atom. The Balaban J connectivity index is 0.000000637. The van der Waals surface area contributed by atoms with Crippen LogP contribution in [0.2, 0.25) is 0 Å². The molecule has 2 saturated heterocycles. The molecule has 3 nitrogen and oxygen atoms in total. The van der Waals surface area contributed by atoms with Crippen LogP contribution in [0.4, 0.5) is 5.82 Å². The van der Waals surface area contributed by atoms with Crippen molar-refractivity contribution >= 4 is 5.82 Å². The van der Waals surface area contributed by atoms with E-state index >= 15 is 0 Å². The summed E-state index contributed by atoms with van der Waals surface area (Å²) < 4.78 is 0. The van der Waals surface area contributed by atoms with Crippen LogP contribution in [0.1, 0.15) is 32.3 Å². The van der Waals surface area contributed by atoms with Crippen LogP contribution in [-0.2, 0) is 0 Å². The quantitative estimate of drug-likeness (QED) is 0.775. The lowest BCUT2D eigenvalue weighted by atomic mass is 9.93. The second kappa shape index (κ2) is 6.38. The van der Waals surface area contributed by atoms with E-state index in [-0.39, 0.29) is 0 Å². The molecule has 0 spiro atoms. The maximum atomic E-state index is 4.55. The van der Waals surface area contributed by atoms with Crippen molar-refractivity contribution in [1.29, 1.82) is 0 Å². The van der Waals surface area contributed by atoms with Crippen molar-refractivity contribution in [2.45, 2.75) is 39.7 Å². The maximum absolute atomic E-state index is 4.55. The highest BCUT2D eigenvalue weighted by Crippen LogP contribution is 2.31. The molecule has 19 heavy (non-hydrogen) atoms. The predicted molar refractivity (Wildman–Crippen MR) is 81.7 cm³/mol. The Labute approximate surface area is 117 Å². The van der Waals surface area contributed by atoms with Crippen molar-refractivity contribution in [2.75, 3.05) is 31.6 Å². The van der Waals surface area contributed by atoms with Crippen LogP contribution in [0.5, 0.6) is 0 Å². The molecular formula is C16H27N3. The largest absolute Gasteiger partial charge is 0.356 e. The maximum Gasteiger partial charge on any atom is 0.128 e. The summed E-state index contributed by atoms with van der Waals surface area (Å²) >= 11 is 0. The first-order chi connectivity index (χ1) is 9.24. The van der Waals surface area contributed by atoms with Crippen molar-refractivity contribution < 1.29 is 0 Å². The SMILES string of the molecule is CC.Cc1ccc(N2CCC3C(CCN3C)C2)nc1. The lowest BCUT2D eigenvalue weighted by molar-refractivity contribution is 0.239. The Morgan fingerprint density at radius 3 is 2.63 bits per heavy atom. The first-order valence-electron chi connectivity index (χ1n) is 7.62. The van der Waals surface area contributed by atoms with Gasteiger partial charge in [0.15, 0.2) is 0 Å². The summed E-state index contributed by atoms with van der Waals surface area (Å²) in [6.07, 6.45) is 4.61. The number of likely N-dealkylation sites (tertiary alicyclic amines) is 1. The third-order valence-corrected chi connectivity index (χ3v) is 4.33. The minimum absolute atomic E-state index is 0.816. The van der Waals surface area contributed by atoms with E-state index in [1.165, 1.54) is 31.5 Å². The van der Waals surface area contributed by atoms with Gasteiger partial charge in [-0.05, 0) is 50.9 Å². The van der Waals surface area contributed by atoms with E-state index in [4.69, 9.17) is 0 Å². The zero-order valence-electron chi connectivity index (χ0n) is 12.8. The Bertz CT molecular complexity index is 387. The first kappa shape index (κ1) is 14.3. The van der Waals surface area contributed by atoms with Gasteiger partial charge in [-0.15, -0.1) is 0 Å². The number of hydrogen-bond donors (Lipinski definition) is 0. The average Bonchev–Trinajstić information content (AvgIpc) is 2.83. The topological polar surface area (TPSA) is 19.4 Å². The molecule has 2 aliphatic heterocycles. The third-order valence-electron chi connectivity index (χ3n) is 4.33.